The predicted molar refractivity (Wildman–Crippen MR) is 77.1 cm³/mol. The molecular formula is C12H12N2OS2. The number of benzene rings is 1. The van der Waals surface area contributed by atoms with E-state index in [0.717, 1.165) is 23.0 Å². The summed E-state index contributed by atoms with van der Waals surface area (Å²) in [5, 5.41) is 2.86. The van der Waals surface area contributed by atoms with E-state index >= 15 is 0 Å². The first kappa shape index (κ1) is 12.1. The lowest BCUT2D eigenvalue weighted by atomic mass is 10.1. The molecule has 1 heterocycles. The fourth-order valence-corrected chi connectivity index (χ4v) is 2.34. The molecule has 0 bridgehead atoms. The average molecular weight is 264 g/mol. The Balaban J connectivity index is 2.21. The monoisotopic (exact) mass is 264 g/mol. The van der Waals surface area contributed by atoms with Crippen LogP contribution < -0.4 is 10.2 Å². The quantitative estimate of drug-likeness (QED) is 0.654. The summed E-state index contributed by atoms with van der Waals surface area (Å²) >= 11 is 5.99. The van der Waals surface area contributed by atoms with Crippen LogP contribution in [0.15, 0.2) is 30.0 Å². The van der Waals surface area contributed by atoms with Crippen LogP contribution in [0, 0.1) is 0 Å². The summed E-state index contributed by atoms with van der Waals surface area (Å²) in [7, 11) is 3.98. The molecule has 1 aliphatic rings. The van der Waals surface area contributed by atoms with Crippen LogP contribution in [-0.4, -0.2) is 23.5 Å². The molecule has 1 saturated heterocycles. The second kappa shape index (κ2) is 4.89. The Hall–Kier alpha value is -1.33. The Morgan fingerprint density at radius 2 is 1.94 bits per heavy atom. The molecule has 5 heteroatoms. The first-order valence-corrected chi connectivity index (χ1v) is 6.31. The smallest absolute Gasteiger partial charge is 0.242 e. The third-order valence-electron chi connectivity index (χ3n) is 2.36. The number of thioether (sulfide) groups is 1. The minimum absolute atomic E-state index is 0.0216. The van der Waals surface area contributed by atoms with E-state index in [-0.39, 0.29) is 5.12 Å². The van der Waals surface area contributed by atoms with E-state index in [4.69, 9.17) is 12.2 Å². The van der Waals surface area contributed by atoms with E-state index in [1.54, 1.807) is 0 Å². The molecule has 1 aromatic rings. The fourth-order valence-electron chi connectivity index (χ4n) is 1.46. The summed E-state index contributed by atoms with van der Waals surface area (Å²) in [6, 6.07) is 7.97. The third kappa shape index (κ3) is 2.87. The van der Waals surface area contributed by atoms with E-state index in [1.807, 2.05) is 49.3 Å². The number of anilines is 1. The van der Waals surface area contributed by atoms with Gasteiger partial charge in [-0.15, -0.1) is 0 Å². The number of hydrogen-bond acceptors (Lipinski definition) is 4. The molecule has 17 heavy (non-hydrogen) atoms. The van der Waals surface area contributed by atoms with Gasteiger partial charge in [0, 0.05) is 19.8 Å². The van der Waals surface area contributed by atoms with Gasteiger partial charge in [0.15, 0.2) is 0 Å². The molecule has 0 saturated carbocycles. The second-order valence-electron chi connectivity index (χ2n) is 3.85. The molecule has 0 atom stereocenters. The van der Waals surface area contributed by atoms with Gasteiger partial charge in [0.25, 0.3) is 0 Å². The maximum Gasteiger partial charge on any atom is 0.242 e. The fraction of sp³-hybridized carbons (Fsp3) is 0.167. The van der Waals surface area contributed by atoms with Gasteiger partial charge in [0.2, 0.25) is 5.12 Å². The van der Waals surface area contributed by atoms with Crippen LogP contribution in [-0.2, 0) is 4.79 Å². The molecule has 0 radical (unpaired) electrons. The van der Waals surface area contributed by atoms with Crippen molar-refractivity contribution >= 4 is 45.2 Å². The van der Waals surface area contributed by atoms with Gasteiger partial charge in [-0.3, -0.25) is 4.79 Å². The molecule has 0 unspecified atom stereocenters. The lowest BCUT2D eigenvalue weighted by Crippen LogP contribution is -2.10. The number of carbonyl (C=O) groups is 1. The highest BCUT2D eigenvalue weighted by molar-refractivity contribution is 8.33. The van der Waals surface area contributed by atoms with Crippen molar-refractivity contribution in [1.82, 2.24) is 5.32 Å². The maximum absolute atomic E-state index is 11.5. The molecule has 1 aromatic carbocycles. The van der Waals surface area contributed by atoms with Crippen molar-refractivity contribution in [1.29, 1.82) is 0 Å². The molecule has 1 aliphatic heterocycles. The molecule has 0 amide bonds. The molecule has 0 spiro atoms. The molecule has 88 valence electrons. The number of thiocarbonyl (C=S) groups is 1. The molecule has 3 nitrogen and oxygen atoms in total. The third-order valence-corrected chi connectivity index (χ3v) is 3.41. The van der Waals surface area contributed by atoms with E-state index < -0.39 is 0 Å². The van der Waals surface area contributed by atoms with Gasteiger partial charge in [-0.05, 0) is 35.5 Å². The zero-order valence-electron chi connectivity index (χ0n) is 9.56. The SMILES string of the molecule is CN(C)c1ccc(C=C2NC(=S)SC2=O)cc1. The van der Waals surface area contributed by atoms with Crippen LogP contribution in [0.1, 0.15) is 5.56 Å². The summed E-state index contributed by atoms with van der Waals surface area (Å²) in [6.07, 6.45) is 1.81. The lowest BCUT2D eigenvalue weighted by molar-refractivity contribution is -0.107. The van der Waals surface area contributed by atoms with Crippen molar-refractivity contribution in [2.45, 2.75) is 0 Å². The summed E-state index contributed by atoms with van der Waals surface area (Å²) in [5.74, 6) is 0. The number of nitrogens with zero attached hydrogens (tertiary/aromatic N) is 1. The highest BCUT2D eigenvalue weighted by Gasteiger charge is 2.21. The molecule has 0 aromatic heterocycles. The summed E-state index contributed by atoms with van der Waals surface area (Å²) in [6.45, 7) is 0. The van der Waals surface area contributed by atoms with E-state index in [0.29, 0.717) is 10.0 Å². The summed E-state index contributed by atoms with van der Waals surface area (Å²) in [4.78, 5) is 13.5. The molecule has 1 fully saturated rings. The second-order valence-corrected chi connectivity index (χ2v) is 5.50. The average Bonchev–Trinajstić information content (AvgIpc) is 2.58. The van der Waals surface area contributed by atoms with Crippen molar-refractivity contribution < 1.29 is 4.79 Å². The minimum atomic E-state index is -0.0216. The highest BCUT2D eigenvalue weighted by Crippen LogP contribution is 2.21. The molecule has 0 aliphatic carbocycles. The van der Waals surface area contributed by atoms with Crippen LogP contribution in [0.2, 0.25) is 0 Å². The highest BCUT2D eigenvalue weighted by atomic mass is 32.2. The molecule has 2 rings (SSSR count). The Labute approximate surface area is 110 Å². The Morgan fingerprint density at radius 3 is 2.41 bits per heavy atom. The van der Waals surface area contributed by atoms with Crippen molar-refractivity contribution in [2.75, 3.05) is 19.0 Å². The van der Waals surface area contributed by atoms with Crippen molar-refractivity contribution in [2.24, 2.45) is 0 Å². The van der Waals surface area contributed by atoms with Gasteiger partial charge in [-0.2, -0.15) is 0 Å². The van der Waals surface area contributed by atoms with E-state index in [2.05, 4.69) is 5.32 Å². The first-order valence-electron chi connectivity index (χ1n) is 5.08. The van der Waals surface area contributed by atoms with Crippen LogP contribution in [0.4, 0.5) is 5.69 Å². The van der Waals surface area contributed by atoms with Crippen LogP contribution >= 0.6 is 24.0 Å². The van der Waals surface area contributed by atoms with Crippen molar-refractivity contribution in [3.05, 3.63) is 35.5 Å². The Morgan fingerprint density at radius 1 is 1.29 bits per heavy atom. The van der Waals surface area contributed by atoms with Crippen LogP contribution in [0.5, 0.6) is 0 Å². The van der Waals surface area contributed by atoms with Gasteiger partial charge in [-0.1, -0.05) is 24.4 Å². The van der Waals surface area contributed by atoms with Gasteiger partial charge in [0.05, 0.1) is 5.70 Å². The zero-order chi connectivity index (χ0) is 12.4. The number of rotatable bonds is 2. The number of nitrogens with one attached hydrogen (secondary N) is 1. The molecular weight excluding hydrogens is 252 g/mol. The van der Waals surface area contributed by atoms with Crippen LogP contribution in [0.3, 0.4) is 0 Å². The largest absolute Gasteiger partial charge is 0.378 e. The van der Waals surface area contributed by atoms with Gasteiger partial charge in [-0.25, -0.2) is 0 Å². The summed E-state index contributed by atoms with van der Waals surface area (Å²) < 4.78 is 0.520. The topological polar surface area (TPSA) is 32.3 Å². The molecule has 1 N–H and O–H groups in total. The van der Waals surface area contributed by atoms with E-state index in [9.17, 15) is 4.79 Å². The summed E-state index contributed by atoms with van der Waals surface area (Å²) in [5.41, 5.74) is 2.66. The lowest BCUT2D eigenvalue weighted by Gasteiger charge is -2.11. The van der Waals surface area contributed by atoms with E-state index in [1.165, 1.54) is 0 Å². The Kier molecular flexibility index (Phi) is 3.49. The minimum Gasteiger partial charge on any atom is -0.378 e. The van der Waals surface area contributed by atoms with Crippen molar-refractivity contribution in [3.63, 3.8) is 0 Å². The first-order chi connectivity index (χ1) is 8.06. The van der Waals surface area contributed by atoms with Crippen molar-refractivity contribution in [3.8, 4) is 0 Å². The number of carbonyl (C=O) groups excluding carboxylic acids is 1. The predicted octanol–water partition coefficient (Wildman–Crippen LogP) is 2.24. The van der Waals surface area contributed by atoms with Gasteiger partial charge < -0.3 is 10.2 Å². The zero-order valence-corrected chi connectivity index (χ0v) is 11.2. The maximum atomic E-state index is 11.5. The number of hydrogen-bond donors (Lipinski definition) is 1. The van der Waals surface area contributed by atoms with Gasteiger partial charge >= 0.3 is 0 Å². The standard InChI is InChI=1S/C12H12N2OS2/c1-14(2)9-5-3-8(4-6-9)7-10-11(15)17-12(16)13-10/h3-7H,1-2H3,(H,13,16). The van der Waals surface area contributed by atoms with Crippen LogP contribution in [0.25, 0.3) is 6.08 Å². The van der Waals surface area contributed by atoms with Gasteiger partial charge in [0.1, 0.15) is 4.32 Å². The normalized spacial score (nSPS) is 17.4. The Bertz CT molecular complexity index is 492.